The molecule has 174 valence electrons. The number of carbonyl (C=O) groups is 2. The topological polar surface area (TPSA) is 151 Å². The van der Waals surface area contributed by atoms with Crippen LogP contribution in [0.15, 0.2) is 59.1 Å². The van der Waals surface area contributed by atoms with Crippen molar-refractivity contribution in [2.24, 2.45) is 10.7 Å². The maximum Gasteiger partial charge on any atom is 0.259 e. The Morgan fingerprint density at radius 3 is 2.21 bits per heavy atom. The molecule has 1 aliphatic carbocycles. The molecule has 3 aromatic rings. The Hall–Kier alpha value is -3.89. The highest BCUT2D eigenvalue weighted by molar-refractivity contribution is 7.80. The van der Waals surface area contributed by atoms with Crippen LogP contribution in [0.5, 0.6) is 0 Å². The van der Waals surface area contributed by atoms with Crippen LogP contribution in [0.2, 0.25) is 0 Å². The Morgan fingerprint density at radius 1 is 1.09 bits per heavy atom. The zero-order valence-electron chi connectivity index (χ0n) is 18.7. The van der Waals surface area contributed by atoms with Gasteiger partial charge in [0.05, 0.1) is 11.3 Å². The fraction of sp³-hybridized carbons (Fsp3) is 0.167. The number of ketones is 2. The number of anilines is 1. The molecule has 1 aromatic heterocycles. The molecule has 0 saturated carbocycles. The Balaban J connectivity index is 1.77. The normalized spacial score (nSPS) is 14.8. The lowest BCUT2D eigenvalue weighted by Gasteiger charge is -2.17. The number of aliphatic imine (C=N–C) groups is 1. The number of allylic oxidation sites excluding steroid dienone is 1. The molecule has 9 nitrogen and oxygen atoms in total. The summed E-state index contributed by atoms with van der Waals surface area (Å²) >= 11 is -2.18. The third-order valence-corrected chi connectivity index (χ3v) is 5.75. The van der Waals surface area contributed by atoms with E-state index in [0.717, 1.165) is 0 Å². The molecule has 0 radical (unpaired) electrons. The van der Waals surface area contributed by atoms with Crippen LogP contribution in [0.1, 0.15) is 58.3 Å². The smallest absolute Gasteiger partial charge is 0.259 e. The molecule has 5 N–H and O–H groups in total. The molecule has 1 heterocycles. The van der Waals surface area contributed by atoms with Crippen molar-refractivity contribution in [2.45, 2.75) is 26.2 Å². The number of aromatic nitrogens is 2. The van der Waals surface area contributed by atoms with Crippen molar-refractivity contribution in [3.8, 4) is 0 Å². The zero-order valence-corrected chi connectivity index (χ0v) is 19.6. The van der Waals surface area contributed by atoms with Crippen LogP contribution < -0.4 is 10.5 Å². The van der Waals surface area contributed by atoms with E-state index in [9.17, 15) is 13.8 Å². The van der Waals surface area contributed by atoms with E-state index >= 15 is 0 Å². The van der Waals surface area contributed by atoms with Gasteiger partial charge in [-0.1, -0.05) is 45.0 Å². The van der Waals surface area contributed by atoms with Crippen LogP contribution in [-0.2, 0) is 16.7 Å². The number of H-pyrrole nitrogens is 1. The lowest BCUT2D eigenvalue weighted by Crippen LogP contribution is -2.14. The summed E-state index contributed by atoms with van der Waals surface area (Å²) in [7, 11) is 0. The van der Waals surface area contributed by atoms with E-state index in [1.807, 2.05) is 20.8 Å². The minimum atomic E-state index is -2.18. The first kappa shape index (κ1) is 23.3. The number of Topliss-reactive ketones (excluding diaryl/α,β-unsaturated/α-hetero) is 2. The molecule has 10 heteroatoms. The number of carbonyl (C=O) groups excluding carboxylic acids is 2. The molecule has 0 saturated heterocycles. The number of hydrogen-bond acceptors (Lipinski definition) is 5. The second-order valence-corrected chi connectivity index (χ2v) is 9.48. The number of hydrogen-bond donors (Lipinski definition) is 4. The Morgan fingerprint density at radius 2 is 1.68 bits per heavy atom. The molecule has 0 bridgehead atoms. The summed E-state index contributed by atoms with van der Waals surface area (Å²) in [6, 6.07) is 13.2. The van der Waals surface area contributed by atoms with E-state index in [0.29, 0.717) is 33.6 Å². The lowest BCUT2D eigenvalue weighted by atomic mass is 9.88. The first-order chi connectivity index (χ1) is 16.1. The summed E-state index contributed by atoms with van der Waals surface area (Å²) in [6.45, 7) is 5.93. The molecule has 0 amide bonds. The summed E-state index contributed by atoms with van der Waals surface area (Å²) in [4.78, 5) is 30.3. The largest absolute Gasteiger partial charge is 0.383 e. The predicted octanol–water partition coefficient (Wildman–Crippen LogP) is 3.76. The van der Waals surface area contributed by atoms with Crippen LogP contribution in [0.25, 0.3) is 6.08 Å². The van der Waals surface area contributed by atoms with E-state index in [1.165, 1.54) is 6.08 Å². The molecule has 4 rings (SSSR count). The van der Waals surface area contributed by atoms with E-state index < -0.39 is 11.3 Å². The highest BCUT2D eigenvalue weighted by Crippen LogP contribution is 2.35. The molecule has 1 unspecified atom stereocenters. The van der Waals surface area contributed by atoms with E-state index in [-0.39, 0.29) is 34.2 Å². The van der Waals surface area contributed by atoms with Gasteiger partial charge >= 0.3 is 0 Å². The molecular weight excluding hydrogens is 454 g/mol. The molecule has 2 aromatic carbocycles. The number of nitrogens with two attached hydrogens (primary N) is 1. The van der Waals surface area contributed by atoms with Gasteiger partial charge in [-0.05, 0) is 30.3 Å². The maximum absolute atomic E-state index is 12.9. The molecule has 0 fully saturated rings. The Kier molecular flexibility index (Phi) is 6.03. The summed E-state index contributed by atoms with van der Waals surface area (Å²) in [6.07, 6.45) is 1.53. The van der Waals surface area contributed by atoms with Crippen LogP contribution in [0.3, 0.4) is 0 Å². The minimum Gasteiger partial charge on any atom is -0.383 e. The molecule has 0 aliphatic heterocycles. The second kappa shape index (κ2) is 8.81. The van der Waals surface area contributed by atoms with E-state index in [1.54, 1.807) is 48.5 Å². The fourth-order valence-electron chi connectivity index (χ4n) is 3.67. The average molecular weight is 478 g/mol. The number of fused-ring (bicyclic) bond motifs is 1. The number of rotatable bonds is 5. The molecule has 34 heavy (non-hydrogen) atoms. The fourth-order valence-corrected chi connectivity index (χ4v) is 4.01. The highest BCUT2D eigenvalue weighted by Gasteiger charge is 2.34. The second-order valence-electron chi connectivity index (χ2n) is 8.77. The van der Waals surface area contributed by atoms with Crippen LogP contribution in [0, 0.1) is 0 Å². The van der Waals surface area contributed by atoms with Gasteiger partial charge in [0, 0.05) is 33.4 Å². The van der Waals surface area contributed by atoms with E-state index in [4.69, 9.17) is 10.3 Å². The van der Waals surface area contributed by atoms with Crippen molar-refractivity contribution in [1.29, 1.82) is 0 Å². The van der Waals surface area contributed by atoms with Crippen LogP contribution >= 0.6 is 0 Å². The number of benzene rings is 2. The third kappa shape index (κ3) is 4.45. The first-order valence-electron chi connectivity index (χ1n) is 10.4. The third-order valence-electron chi connectivity index (χ3n) is 5.34. The lowest BCUT2D eigenvalue weighted by molar-refractivity contribution is 0.0990. The molecular formula is C24H23N5O4S. The van der Waals surface area contributed by atoms with Crippen molar-refractivity contribution in [2.75, 3.05) is 4.72 Å². The average Bonchev–Trinajstić information content (AvgIpc) is 3.28. The van der Waals surface area contributed by atoms with Crippen molar-refractivity contribution >= 4 is 46.2 Å². The van der Waals surface area contributed by atoms with Gasteiger partial charge in [0.1, 0.15) is 5.84 Å². The molecule has 0 spiro atoms. The van der Waals surface area contributed by atoms with Gasteiger partial charge < -0.3 is 5.73 Å². The van der Waals surface area contributed by atoms with Gasteiger partial charge in [-0.2, -0.15) is 5.10 Å². The van der Waals surface area contributed by atoms with Crippen molar-refractivity contribution in [3.63, 3.8) is 0 Å². The Labute approximate surface area is 198 Å². The number of nitrogens with zero attached hydrogens (tertiary/aromatic N) is 2. The van der Waals surface area contributed by atoms with Gasteiger partial charge in [-0.25, -0.2) is 9.20 Å². The van der Waals surface area contributed by atoms with Crippen molar-refractivity contribution < 1.29 is 18.4 Å². The summed E-state index contributed by atoms with van der Waals surface area (Å²) in [5, 5.41) is 7.28. The molecule has 1 aliphatic rings. The minimum absolute atomic E-state index is 0.0514. The SMILES string of the molecule is CC(C)(C)c1[nH]nc(N=C(N)c2ccc(NS(=O)O)cc2)c1C=C1C(=O)c2ccccc2C1=O. The predicted molar refractivity (Wildman–Crippen MR) is 132 cm³/mol. The maximum atomic E-state index is 12.9. The van der Waals surface area contributed by atoms with Gasteiger partial charge in [0.25, 0.3) is 11.3 Å². The standard InChI is InChI=1S/C24H23N5O4S/c1-24(2,3)21-18(12-17-19(30)15-6-4-5-7-16(15)20(17)31)23(28-27-21)26-22(25)13-8-10-14(11-9-13)29-34(32)33/h4-12,29H,1-3H3,(H,32,33)(H3,25,26,27,28). The quantitative estimate of drug-likeness (QED) is 0.144. The van der Waals surface area contributed by atoms with Crippen LogP contribution in [0.4, 0.5) is 11.5 Å². The number of nitrogens with one attached hydrogen (secondary N) is 2. The highest BCUT2D eigenvalue weighted by atomic mass is 32.2. The van der Waals surface area contributed by atoms with Gasteiger partial charge in [0.2, 0.25) is 0 Å². The number of amidine groups is 1. The summed E-state index contributed by atoms with van der Waals surface area (Å²) < 4.78 is 22.2. The monoisotopic (exact) mass is 477 g/mol. The van der Waals surface area contributed by atoms with Gasteiger partial charge in [0.15, 0.2) is 17.4 Å². The Bertz CT molecular complexity index is 1340. The zero-order chi connectivity index (χ0) is 24.6. The number of aromatic amines is 1. The summed E-state index contributed by atoms with van der Waals surface area (Å²) in [5.41, 5.74) is 8.85. The van der Waals surface area contributed by atoms with Crippen LogP contribution in [-0.4, -0.2) is 36.4 Å². The van der Waals surface area contributed by atoms with Crippen molar-refractivity contribution in [3.05, 3.63) is 82.1 Å². The van der Waals surface area contributed by atoms with E-state index in [2.05, 4.69) is 19.9 Å². The van der Waals surface area contributed by atoms with Crippen molar-refractivity contribution in [1.82, 2.24) is 10.2 Å². The van der Waals surface area contributed by atoms with Gasteiger partial charge in [-0.3, -0.25) is 24.0 Å². The molecule has 1 atom stereocenters. The van der Waals surface area contributed by atoms with Gasteiger partial charge in [-0.15, -0.1) is 0 Å². The summed E-state index contributed by atoms with van der Waals surface area (Å²) in [5.74, 6) is -0.288. The first-order valence-corrected chi connectivity index (χ1v) is 11.5.